The summed E-state index contributed by atoms with van der Waals surface area (Å²) in [6.07, 6.45) is 1.05. The first-order valence-electron chi connectivity index (χ1n) is 6.61. The highest BCUT2D eigenvalue weighted by Gasteiger charge is 2.49. The van der Waals surface area contributed by atoms with Gasteiger partial charge in [0.25, 0.3) is 0 Å². The van der Waals surface area contributed by atoms with Crippen LogP contribution < -0.4 is 10.4 Å². The van der Waals surface area contributed by atoms with E-state index < -0.39 is 23.3 Å². The summed E-state index contributed by atoms with van der Waals surface area (Å²) in [7, 11) is 1.44. The maximum atomic E-state index is 11.6. The normalized spacial score (nSPS) is 25.6. The van der Waals surface area contributed by atoms with Crippen LogP contribution in [0.3, 0.4) is 0 Å². The number of cyclic esters (lactones) is 1. The van der Waals surface area contributed by atoms with Crippen molar-refractivity contribution in [1.29, 1.82) is 0 Å². The molecule has 1 fully saturated rings. The van der Waals surface area contributed by atoms with Crippen molar-refractivity contribution in [2.24, 2.45) is 0 Å². The highest BCUT2D eigenvalue weighted by molar-refractivity contribution is 5.77. The van der Waals surface area contributed by atoms with Crippen molar-refractivity contribution in [3.63, 3.8) is 0 Å². The number of unbranched alkanes of at least 4 members (excludes halogenated alkanes) is 1. The molecule has 0 aliphatic carbocycles. The molecule has 1 N–H and O–H groups in total. The Labute approximate surface area is 116 Å². The van der Waals surface area contributed by atoms with Gasteiger partial charge >= 0.3 is 11.6 Å². The zero-order valence-corrected chi connectivity index (χ0v) is 11.5. The SMILES string of the molecule is CCCC[C@]1(c2cc(OC)cc(=O)o2)C[C@@H](O)C(=O)O1. The molecule has 2 rings (SSSR count). The number of aliphatic hydroxyl groups is 1. The molecule has 2 heterocycles. The molecule has 0 radical (unpaired) electrons. The number of carbonyl (C=O) groups is 1. The molecule has 1 aliphatic heterocycles. The van der Waals surface area contributed by atoms with Gasteiger partial charge in [-0.3, -0.25) is 0 Å². The highest BCUT2D eigenvalue weighted by Crippen LogP contribution is 2.41. The van der Waals surface area contributed by atoms with E-state index in [1.165, 1.54) is 19.2 Å². The van der Waals surface area contributed by atoms with Crippen LogP contribution in [0.2, 0.25) is 0 Å². The Bertz CT molecular complexity index is 549. The standard InChI is InChI=1S/C14H18O6/c1-3-4-5-14(8-10(15)13(17)20-14)11-6-9(18-2)7-12(16)19-11/h6-7,10,15H,3-5,8H2,1-2H3/t10-,14-/m1/s1. The van der Waals surface area contributed by atoms with Gasteiger partial charge in [-0.1, -0.05) is 13.3 Å². The van der Waals surface area contributed by atoms with Crippen molar-refractivity contribution in [1.82, 2.24) is 0 Å². The van der Waals surface area contributed by atoms with E-state index in [0.717, 1.165) is 12.8 Å². The molecule has 0 unspecified atom stereocenters. The third kappa shape index (κ3) is 2.70. The average Bonchev–Trinajstić information content (AvgIpc) is 2.72. The lowest BCUT2D eigenvalue weighted by molar-refractivity contribution is -0.155. The van der Waals surface area contributed by atoms with Crippen molar-refractivity contribution in [2.45, 2.75) is 44.3 Å². The van der Waals surface area contributed by atoms with Gasteiger partial charge in [-0.15, -0.1) is 0 Å². The monoisotopic (exact) mass is 282 g/mol. The summed E-state index contributed by atoms with van der Waals surface area (Å²) in [5.74, 6) is -0.128. The van der Waals surface area contributed by atoms with Crippen LogP contribution in [-0.2, 0) is 15.1 Å². The lowest BCUT2D eigenvalue weighted by atomic mass is 9.89. The first-order chi connectivity index (χ1) is 9.50. The Morgan fingerprint density at radius 3 is 2.75 bits per heavy atom. The van der Waals surface area contributed by atoms with Crippen molar-refractivity contribution >= 4 is 5.97 Å². The van der Waals surface area contributed by atoms with E-state index in [1.54, 1.807) is 0 Å². The molecule has 6 nitrogen and oxygen atoms in total. The molecule has 1 aromatic heterocycles. The average molecular weight is 282 g/mol. The van der Waals surface area contributed by atoms with Crippen LogP contribution >= 0.6 is 0 Å². The summed E-state index contributed by atoms with van der Waals surface area (Å²) >= 11 is 0. The third-order valence-electron chi connectivity index (χ3n) is 3.45. The molecule has 1 saturated heterocycles. The largest absolute Gasteiger partial charge is 0.496 e. The number of carbonyl (C=O) groups excluding carboxylic acids is 1. The number of aliphatic hydroxyl groups excluding tert-OH is 1. The van der Waals surface area contributed by atoms with Gasteiger partial charge in [-0.2, -0.15) is 0 Å². The van der Waals surface area contributed by atoms with Gasteiger partial charge < -0.3 is 19.0 Å². The summed E-state index contributed by atoms with van der Waals surface area (Å²) in [6.45, 7) is 2.00. The Kier molecular flexibility index (Phi) is 4.13. The lowest BCUT2D eigenvalue weighted by Gasteiger charge is -2.26. The Hall–Kier alpha value is -1.82. The quantitative estimate of drug-likeness (QED) is 0.820. The third-order valence-corrected chi connectivity index (χ3v) is 3.45. The van der Waals surface area contributed by atoms with Crippen molar-refractivity contribution in [3.8, 4) is 5.75 Å². The fraction of sp³-hybridized carbons (Fsp3) is 0.571. The molecular weight excluding hydrogens is 264 g/mol. The first kappa shape index (κ1) is 14.6. The zero-order valence-electron chi connectivity index (χ0n) is 11.5. The number of esters is 1. The van der Waals surface area contributed by atoms with E-state index in [0.29, 0.717) is 12.2 Å². The van der Waals surface area contributed by atoms with Crippen LogP contribution in [0.1, 0.15) is 38.4 Å². The number of methoxy groups -OCH3 is 1. The molecule has 6 heteroatoms. The molecule has 0 aromatic carbocycles. The second-order valence-corrected chi connectivity index (χ2v) is 4.92. The second kappa shape index (κ2) is 5.66. The van der Waals surface area contributed by atoms with Crippen LogP contribution in [0.4, 0.5) is 0 Å². The summed E-state index contributed by atoms with van der Waals surface area (Å²) in [4.78, 5) is 23.1. The first-order valence-corrected chi connectivity index (χ1v) is 6.61. The smallest absolute Gasteiger partial charge is 0.339 e. The highest BCUT2D eigenvalue weighted by atomic mass is 16.6. The molecule has 110 valence electrons. The molecule has 1 aromatic rings. The molecule has 20 heavy (non-hydrogen) atoms. The number of hydrogen-bond acceptors (Lipinski definition) is 6. The van der Waals surface area contributed by atoms with Crippen LogP contribution in [0, 0.1) is 0 Å². The van der Waals surface area contributed by atoms with Gasteiger partial charge in [0.2, 0.25) is 0 Å². The predicted molar refractivity (Wildman–Crippen MR) is 69.4 cm³/mol. The van der Waals surface area contributed by atoms with Gasteiger partial charge in [0.1, 0.15) is 5.75 Å². The fourth-order valence-electron chi connectivity index (χ4n) is 2.38. The number of hydrogen-bond donors (Lipinski definition) is 1. The Balaban J connectivity index is 2.44. The van der Waals surface area contributed by atoms with Crippen molar-refractivity contribution in [3.05, 3.63) is 28.3 Å². The van der Waals surface area contributed by atoms with E-state index in [-0.39, 0.29) is 12.2 Å². The number of rotatable bonds is 5. The van der Waals surface area contributed by atoms with Crippen LogP contribution in [0.5, 0.6) is 5.75 Å². The van der Waals surface area contributed by atoms with Crippen LogP contribution in [0.25, 0.3) is 0 Å². The van der Waals surface area contributed by atoms with Crippen LogP contribution in [-0.4, -0.2) is 24.3 Å². The van der Waals surface area contributed by atoms with E-state index in [1.807, 2.05) is 6.92 Å². The predicted octanol–water partition coefficient (Wildman–Crippen LogP) is 1.34. The maximum absolute atomic E-state index is 11.6. The maximum Gasteiger partial charge on any atom is 0.339 e. The summed E-state index contributed by atoms with van der Waals surface area (Å²) < 4.78 is 15.5. The minimum atomic E-state index is -1.19. The van der Waals surface area contributed by atoms with Gasteiger partial charge in [-0.25, -0.2) is 9.59 Å². The fourth-order valence-corrected chi connectivity index (χ4v) is 2.38. The number of ether oxygens (including phenoxy) is 2. The Morgan fingerprint density at radius 2 is 2.20 bits per heavy atom. The lowest BCUT2D eigenvalue weighted by Crippen LogP contribution is -2.27. The second-order valence-electron chi connectivity index (χ2n) is 4.92. The summed E-state index contributed by atoms with van der Waals surface area (Å²) in [6, 6.07) is 2.74. The van der Waals surface area contributed by atoms with E-state index >= 15 is 0 Å². The molecule has 0 spiro atoms. The van der Waals surface area contributed by atoms with Gasteiger partial charge in [0, 0.05) is 12.5 Å². The molecule has 2 atom stereocenters. The molecule has 0 saturated carbocycles. The van der Waals surface area contributed by atoms with Crippen molar-refractivity contribution in [2.75, 3.05) is 7.11 Å². The Morgan fingerprint density at radius 1 is 1.45 bits per heavy atom. The zero-order chi connectivity index (χ0) is 14.8. The minimum Gasteiger partial charge on any atom is -0.496 e. The minimum absolute atomic E-state index is 0.0853. The summed E-state index contributed by atoms with van der Waals surface area (Å²) in [5.41, 5.74) is -1.66. The van der Waals surface area contributed by atoms with Gasteiger partial charge in [0.05, 0.1) is 13.2 Å². The van der Waals surface area contributed by atoms with E-state index in [2.05, 4.69) is 0 Å². The molecule has 0 amide bonds. The van der Waals surface area contributed by atoms with E-state index in [9.17, 15) is 14.7 Å². The molecule has 1 aliphatic rings. The molecule has 0 bridgehead atoms. The van der Waals surface area contributed by atoms with Crippen molar-refractivity contribution < 1.29 is 23.8 Å². The topological polar surface area (TPSA) is 86.0 Å². The van der Waals surface area contributed by atoms with E-state index in [4.69, 9.17) is 13.9 Å². The van der Waals surface area contributed by atoms with Crippen LogP contribution in [0.15, 0.2) is 21.3 Å². The molecular formula is C14H18O6. The van der Waals surface area contributed by atoms with Gasteiger partial charge in [0.15, 0.2) is 17.5 Å². The van der Waals surface area contributed by atoms with Gasteiger partial charge in [-0.05, 0) is 12.8 Å². The summed E-state index contributed by atoms with van der Waals surface area (Å²) in [5, 5.41) is 9.66.